The van der Waals surface area contributed by atoms with Crippen LogP contribution in [0.2, 0.25) is 0 Å². The van der Waals surface area contributed by atoms with E-state index in [1.165, 1.54) is 205 Å². The van der Waals surface area contributed by atoms with Gasteiger partial charge in [0.1, 0.15) is 13.2 Å². The van der Waals surface area contributed by atoms with Gasteiger partial charge >= 0.3 is 0 Å². The third kappa shape index (κ3) is 47.2. The Morgan fingerprint density at radius 3 is 1.26 bits per heavy atom. The third-order valence-corrected chi connectivity index (χ3v) is 13.5. The Labute approximate surface area is 386 Å². The van der Waals surface area contributed by atoms with Crippen LogP contribution in [0.4, 0.5) is 0 Å². The van der Waals surface area contributed by atoms with Crippen LogP contribution in [0.1, 0.15) is 271 Å². The summed E-state index contributed by atoms with van der Waals surface area (Å²) in [6, 6.07) is -0.798. The normalized spacial score (nSPS) is 14.1. The van der Waals surface area contributed by atoms with E-state index in [2.05, 4.69) is 31.3 Å². The number of rotatable bonds is 50. The van der Waals surface area contributed by atoms with Crippen LogP contribution < -0.4 is 10.2 Å². The first-order chi connectivity index (χ1) is 30.0. The summed E-state index contributed by atoms with van der Waals surface area (Å²) >= 11 is 0. The topological polar surface area (TPSA) is 108 Å². The van der Waals surface area contributed by atoms with Crippen LogP contribution in [0.15, 0.2) is 12.2 Å². The highest BCUT2D eigenvalue weighted by Crippen LogP contribution is 2.38. The molecule has 0 aliphatic carbocycles. The average Bonchev–Trinajstić information content (AvgIpc) is 3.23. The van der Waals surface area contributed by atoms with Crippen molar-refractivity contribution in [1.29, 1.82) is 0 Å². The number of aliphatic hydroxyl groups is 1. The second-order valence-corrected chi connectivity index (χ2v) is 21.4. The molecule has 1 amide bonds. The van der Waals surface area contributed by atoms with Crippen molar-refractivity contribution in [2.24, 2.45) is 0 Å². The second-order valence-electron chi connectivity index (χ2n) is 19.9. The summed E-state index contributed by atoms with van der Waals surface area (Å²) in [4.78, 5) is 25.5. The number of aliphatic hydroxyl groups excluding tert-OH is 1. The van der Waals surface area contributed by atoms with Gasteiger partial charge in [-0.2, -0.15) is 0 Å². The lowest BCUT2D eigenvalue weighted by Crippen LogP contribution is -2.46. The van der Waals surface area contributed by atoms with Crippen molar-refractivity contribution in [2.75, 3.05) is 40.9 Å². The van der Waals surface area contributed by atoms with E-state index in [1.54, 1.807) is 0 Å². The fourth-order valence-corrected chi connectivity index (χ4v) is 8.94. The first kappa shape index (κ1) is 61.2. The molecule has 0 aliphatic heterocycles. The van der Waals surface area contributed by atoms with Crippen molar-refractivity contribution in [3.63, 3.8) is 0 Å². The van der Waals surface area contributed by atoms with Crippen LogP contribution in [0.3, 0.4) is 0 Å². The van der Waals surface area contributed by atoms with Crippen LogP contribution >= 0.6 is 7.82 Å². The predicted molar refractivity (Wildman–Crippen MR) is 266 cm³/mol. The van der Waals surface area contributed by atoms with Crippen LogP contribution in [0, 0.1) is 0 Å². The molecule has 0 fully saturated rings. The van der Waals surface area contributed by atoms with Crippen molar-refractivity contribution in [3.8, 4) is 0 Å². The van der Waals surface area contributed by atoms with Crippen molar-refractivity contribution in [2.45, 2.75) is 283 Å². The van der Waals surface area contributed by atoms with Gasteiger partial charge in [-0.25, -0.2) is 0 Å². The molecule has 0 rings (SSSR count). The molecule has 0 spiro atoms. The van der Waals surface area contributed by atoms with Gasteiger partial charge in [-0.1, -0.05) is 238 Å². The number of hydrogen-bond donors (Lipinski definition) is 2. The Bertz CT molecular complexity index is 1020. The smallest absolute Gasteiger partial charge is 0.268 e. The summed E-state index contributed by atoms with van der Waals surface area (Å²) in [6.07, 6.45) is 53.7. The first-order valence-corrected chi connectivity index (χ1v) is 28.5. The molecule has 0 saturated carbocycles. The van der Waals surface area contributed by atoms with Gasteiger partial charge in [-0.15, -0.1) is 0 Å². The van der Waals surface area contributed by atoms with E-state index in [0.717, 1.165) is 38.5 Å². The van der Waals surface area contributed by atoms with E-state index in [-0.39, 0.29) is 19.1 Å². The van der Waals surface area contributed by atoms with Crippen LogP contribution in [0.5, 0.6) is 0 Å². The highest BCUT2D eigenvalue weighted by Gasteiger charge is 2.24. The van der Waals surface area contributed by atoms with Gasteiger partial charge in [0.15, 0.2) is 0 Å². The summed E-state index contributed by atoms with van der Waals surface area (Å²) < 4.78 is 23.4. The maximum absolute atomic E-state index is 12.9. The Morgan fingerprint density at radius 1 is 0.548 bits per heavy atom. The molecule has 0 aromatic carbocycles. The Balaban J connectivity index is 4.15. The number of quaternary nitrogens is 1. The number of carbonyl (C=O) groups excluding carboxylic acids is 1. The maximum Gasteiger partial charge on any atom is 0.268 e. The number of unbranched alkanes of at least 4 members (excludes halogenated alkanes) is 35. The Hall–Kier alpha value is -0.760. The lowest BCUT2D eigenvalue weighted by atomic mass is 10.0. The second kappa shape index (κ2) is 45.4. The molecule has 2 N–H and O–H groups in total. The monoisotopic (exact) mass is 899 g/mol. The first-order valence-electron chi connectivity index (χ1n) is 27.0. The SMILES string of the molecule is CCCCCCCCCCCCCC/C=C\CCCCCCCCCCCC(=O)NC(COP(=O)([O-])OCC[N+](C)(C)C)C(O)CCCCCCCCCCCCCCCCC. The summed E-state index contributed by atoms with van der Waals surface area (Å²) in [5, 5.41) is 14.0. The fourth-order valence-electron chi connectivity index (χ4n) is 8.21. The number of hydrogen-bond acceptors (Lipinski definition) is 6. The van der Waals surface area contributed by atoms with E-state index in [9.17, 15) is 19.4 Å². The minimum Gasteiger partial charge on any atom is -0.756 e. The lowest BCUT2D eigenvalue weighted by Gasteiger charge is -2.30. The fraction of sp³-hybridized carbons (Fsp3) is 0.943. The zero-order chi connectivity index (χ0) is 45.7. The molecule has 0 heterocycles. The van der Waals surface area contributed by atoms with E-state index < -0.39 is 20.0 Å². The maximum atomic E-state index is 12.9. The quantitative estimate of drug-likeness (QED) is 0.0272. The molecule has 3 atom stereocenters. The molecule has 0 aliphatic rings. The number of nitrogens with one attached hydrogen (secondary N) is 1. The number of amides is 1. The predicted octanol–water partition coefficient (Wildman–Crippen LogP) is 15.2. The molecule has 8 nitrogen and oxygen atoms in total. The van der Waals surface area contributed by atoms with Crippen LogP contribution in [-0.2, 0) is 18.4 Å². The summed E-state index contributed by atoms with van der Waals surface area (Å²) in [7, 11) is 1.31. The zero-order valence-electron chi connectivity index (χ0n) is 42.1. The minimum absolute atomic E-state index is 0.0141. The standard InChI is InChI=1S/C53H107N2O6P/c1-6-8-10-12-14-16-18-20-22-23-24-25-26-27-28-29-30-31-33-35-37-39-41-43-45-47-53(57)54-51(50-61-62(58,59)60-49-48-55(3,4)5)52(56)46-44-42-40-38-36-34-32-21-19-17-15-13-11-9-7-2/h27-28,51-52,56H,6-26,29-50H2,1-5H3,(H-,54,57,58,59)/b28-27-. The number of carbonyl (C=O) groups is 1. The molecule has 0 aromatic heterocycles. The van der Waals surface area contributed by atoms with Gasteiger partial charge in [-0.3, -0.25) is 9.36 Å². The van der Waals surface area contributed by atoms with Gasteiger partial charge in [0.05, 0.1) is 39.9 Å². The number of phosphoric ester groups is 1. The van der Waals surface area contributed by atoms with Gasteiger partial charge in [-0.05, 0) is 38.5 Å². The minimum atomic E-state index is -4.57. The van der Waals surface area contributed by atoms with Crippen molar-refractivity contribution in [1.82, 2.24) is 5.32 Å². The summed E-state index contributed by atoms with van der Waals surface area (Å²) in [5.41, 5.74) is 0. The number of phosphoric acid groups is 1. The van der Waals surface area contributed by atoms with Gasteiger partial charge in [0.25, 0.3) is 7.82 Å². The molecule has 370 valence electrons. The van der Waals surface area contributed by atoms with E-state index in [0.29, 0.717) is 23.9 Å². The van der Waals surface area contributed by atoms with Gasteiger partial charge in [0, 0.05) is 6.42 Å². The molecule has 0 aromatic rings. The molecular weight excluding hydrogens is 792 g/mol. The largest absolute Gasteiger partial charge is 0.756 e. The molecule has 0 bridgehead atoms. The van der Waals surface area contributed by atoms with Gasteiger partial charge in [0.2, 0.25) is 5.91 Å². The van der Waals surface area contributed by atoms with Crippen molar-refractivity contribution in [3.05, 3.63) is 12.2 Å². The van der Waals surface area contributed by atoms with Gasteiger partial charge < -0.3 is 28.8 Å². The molecule has 0 saturated heterocycles. The number of allylic oxidation sites excluding steroid dienone is 2. The van der Waals surface area contributed by atoms with E-state index >= 15 is 0 Å². The lowest BCUT2D eigenvalue weighted by molar-refractivity contribution is -0.870. The highest BCUT2D eigenvalue weighted by molar-refractivity contribution is 7.45. The zero-order valence-corrected chi connectivity index (χ0v) is 43.0. The Morgan fingerprint density at radius 2 is 0.887 bits per heavy atom. The summed E-state index contributed by atoms with van der Waals surface area (Å²) in [6.45, 7) is 4.75. The summed E-state index contributed by atoms with van der Waals surface area (Å²) in [5.74, 6) is -0.163. The Kier molecular flexibility index (Phi) is 44.8. The highest BCUT2D eigenvalue weighted by atomic mass is 31.2. The van der Waals surface area contributed by atoms with Crippen molar-refractivity contribution < 1.29 is 32.9 Å². The van der Waals surface area contributed by atoms with E-state index in [4.69, 9.17) is 9.05 Å². The molecule has 9 heteroatoms. The molecule has 0 radical (unpaired) electrons. The molecular formula is C53H107N2O6P. The van der Waals surface area contributed by atoms with Crippen LogP contribution in [-0.4, -0.2) is 68.5 Å². The molecule has 3 unspecified atom stereocenters. The van der Waals surface area contributed by atoms with Crippen molar-refractivity contribution >= 4 is 13.7 Å². The third-order valence-electron chi connectivity index (χ3n) is 12.5. The average molecular weight is 899 g/mol. The molecule has 62 heavy (non-hydrogen) atoms. The number of likely N-dealkylation sites (N-methyl/N-ethyl adjacent to an activating group) is 1. The van der Waals surface area contributed by atoms with Crippen LogP contribution in [0.25, 0.3) is 0 Å². The number of nitrogens with zero attached hydrogens (tertiary/aromatic N) is 1. The van der Waals surface area contributed by atoms with E-state index in [1.807, 2.05) is 21.1 Å².